The lowest BCUT2D eigenvalue weighted by Gasteiger charge is -2.15. The van der Waals surface area contributed by atoms with E-state index >= 15 is 0 Å². The lowest BCUT2D eigenvalue weighted by molar-refractivity contribution is -0.121. The van der Waals surface area contributed by atoms with Gasteiger partial charge in [-0.15, -0.1) is 11.8 Å². The predicted molar refractivity (Wildman–Crippen MR) is 112 cm³/mol. The van der Waals surface area contributed by atoms with Gasteiger partial charge in [0.25, 0.3) is 0 Å². The first kappa shape index (κ1) is 21.6. The van der Waals surface area contributed by atoms with Crippen LogP contribution in [0.15, 0.2) is 53.4 Å². The van der Waals surface area contributed by atoms with Gasteiger partial charge in [0.1, 0.15) is 0 Å². The Morgan fingerprint density at radius 2 is 1.83 bits per heavy atom. The largest absolute Gasteiger partial charge is 0.478 e. The van der Waals surface area contributed by atoms with Crippen LogP contribution in [0.5, 0.6) is 0 Å². The highest BCUT2D eigenvalue weighted by molar-refractivity contribution is 8.00. The van der Waals surface area contributed by atoms with E-state index in [4.69, 9.17) is 4.74 Å². The topological polar surface area (TPSA) is 101 Å². The second-order valence-electron chi connectivity index (χ2n) is 6.72. The number of carbonyl (C=O) groups is 4. The molecule has 0 saturated carbocycles. The van der Waals surface area contributed by atoms with Crippen LogP contribution in [0.4, 0.5) is 5.69 Å². The SMILES string of the molecule is CCCCOC(=O)c1ccc(N2C(=O)CC(Sc3ccccc3C(=O)O)C2=O)cc1. The van der Waals surface area contributed by atoms with Crippen LogP contribution >= 0.6 is 11.8 Å². The molecule has 1 N–H and O–H groups in total. The van der Waals surface area contributed by atoms with Crippen molar-refractivity contribution < 1.29 is 29.0 Å². The molecule has 0 aromatic heterocycles. The summed E-state index contributed by atoms with van der Waals surface area (Å²) < 4.78 is 5.15. The average Bonchev–Trinajstić information content (AvgIpc) is 3.01. The van der Waals surface area contributed by atoms with E-state index in [0.29, 0.717) is 22.8 Å². The average molecular weight is 427 g/mol. The summed E-state index contributed by atoms with van der Waals surface area (Å²) in [4.78, 5) is 50.2. The smallest absolute Gasteiger partial charge is 0.338 e. The third-order valence-electron chi connectivity index (χ3n) is 4.58. The molecule has 1 saturated heterocycles. The number of carbonyl (C=O) groups excluding carboxylic acids is 3. The molecular weight excluding hydrogens is 406 g/mol. The molecule has 1 fully saturated rings. The van der Waals surface area contributed by atoms with Crippen molar-refractivity contribution in [1.29, 1.82) is 0 Å². The lowest BCUT2D eigenvalue weighted by atomic mass is 10.2. The third-order valence-corrected chi connectivity index (χ3v) is 5.85. The number of nitrogens with zero attached hydrogens (tertiary/aromatic N) is 1. The van der Waals surface area contributed by atoms with Gasteiger partial charge < -0.3 is 9.84 Å². The fraction of sp³-hybridized carbons (Fsp3) is 0.273. The summed E-state index contributed by atoms with van der Waals surface area (Å²) in [5, 5.41) is 8.60. The summed E-state index contributed by atoms with van der Waals surface area (Å²) in [6.45, 7) is 2.34. The molecule has 7 nitrogen and oxygen atoms in total. The minimum absolute atomic E-state index is 0.0295. The van der Waals surface area contributed by atoms with Crippen LogP contribution in [0.1, 0.15) is 46.9 Å². The summed E-state index contributed by atoms with van der Waals surface area (Å²) in [7, 11) is 0. The number of unbranched alkanes of at least 4 members (excludes halogenated alkanes) is 1. The van der Waals surface area contributed by atoms with Crippen molar-refractivity contribution in [3.8, 4) is 0 Å². The Kier molecular flexibility index (Phi) is 6.89. The Bertz CT molecular complexity index is 972. The van der Waals surface area contributed by atoms with Crippen molar-refractivity contribution in [3.63, 3.8) is 0 Å². The second kappa shape index (κ2) is 9.58. The van der Waals surface area contributed by atoms with Gasteiger partial charge in [-0.25, -0.2) is 14.5 Å². The third kappa shape index (κ3) is 4.71. The van der Waals surface area contributed by atoms with Crippen molar-refractivity contribution in [3.05, 3.63) is 59.7 Å². The number of anilines is 1. The van der Waals surface area contributed by atoms with Crippen LogP contribution in [0.25, 0.3) is 0 Å². The van der Waals surface area contributed by atoms with Crippen molar-refractivity contribution in [1.82, 2.24) is 0 Å². The Morgan fingerprint density at radius 3 is 2.50 bits per heavy atom. The van der Waals surface area contributed by atoms with Gasteiger partial charge in [-0.3, -0.25) is 9.59 Å². The molecule has 2 amide bonds. The van der Waals surface area contributed by atoms with Crippen LogP contribution in [0.3, 0.4) is 0 Å². The van der Waals surface area contributed by atoms with E-state index in [0.717, 1.165) is 29.5 Å². The highest BCUT2D eigenvalue weighted by Gasteiger charge is 2.40. The van der Waals surface area contributed by atoms with E-state index in [-0.39, 0.29) is 17.9 Å². The fourth-order valence-electron chi connectivity index (χ4n) is 3.01. The summed E-state index contributed by atoms with van der Waals surface area (Å²) >= 11 is 1.07. The van der Waals surface area contributed by atoms with Gasteiger partial charge in [0.2, 0.25) is 11.8 Å². The number of esters is 1. The molecular formula is C22H21NO6S. The number of carboxylic acid groups (broad SMARTS) is 1. The van der Waals surface area contributed by atoms with Crippen molar-refractivity contribution >= 4 is 41.2 Å². The number of hydrogen-bond acceptors (Lipinski definition) is 6. The number of rotatable bonds is 8. The van der Waals surface area contributed by atoms with Crippen molar-refractivity contribution in [2.45, 2.75) is 36.3 Å². The minimum atomic E-state index is -1.09. The summed E-state index contributed by atoms with van der Waals surface area (Å²) in [5.74, 6) is -2.33. The molecule has 0 aliphatic carbocycles. The number of aromatic carboxylic acids is 1. The van der Waals surface area contributed by atoms with Crippen LogP contribution in [-0.2, 0) is 14.3 Å². The zero-order valence-electron chi connectivity index (χ0n) is 16.4. The monoisotopic (exact) mass is 427 g/mol. The number of carboxylic acids is 1. The van der Waals surface area contributed by atoms with Crippen LogP contribution in [0.2, 0.25) is 0 Å². The molecule has 30 heavy (non-hydrogen) atoms. The second-order valence-corrected chi connectivity index (χ2v) is 7.96. The number of benzene rings is 2. The van der Waals surface area contributed by atoms with Crippen LogP contribution in [-0.4, -0.2) is 40.7 Å². The molecule has 1 aliphatic heterocycles. The molecule has 0 bridgehead atoms. The zero-order chi connectivity index (χ0) is 21.7. The molecule has 1 atom stereocenters. The van der Waals surface area contributed by atoms with E-state index < -0.39 is 23.1 Å². The lowest BCUT2D eigenvalue weighted by Crippen LogP contribution is -2.31. The number of imide groups is 1. The number of amides is 2. The first-order valence-electron chi connectivity index (χ1n) is 9.55. The number of ether oxygens (including phenoxy) is 1. The quantitative estimate of drug-likeness (QED) is 0.389. The van der Waals surface area contributed by atoms with Crippen LogP contribution in [0, 0.1) is 0 Å². The zero-order valence-corrected chi connectivity index (χ0v) is 17.2. The predicted octanol–water partition coefficient (Wildman–Crippen LogP) is 3.77. The molecule has 156 valence electrons. The first-order valence-corrected chi connectivity index (χ1v) is 10.4. The van der Waals surface area contributed by atoms with Gasteiger partial charge >= 0.3 is 11.9 Å². The van der Waals surface area contributed by atoms with Gasteiger partial charge in [-0.05, 0) is 42.8 Å². The number of hydrogen-bond donors (Lipinski definition) is 1. The molecule has 1 aliphatic rings. The fourth-order valence-corrected chi connectivity index (χ4v) is 4.18. The Balaban J connectivity index is 1.72. The maximum atomic E-state index is 12.8. The first-order chi connectivity index (χ1) is 14.4. The summed E-state index contributed by atoms with van der Waals surface area (Å²) in [6.07, 6.45) is 1.67. The highest BCUT2D eigenvalue weighted by atomic mass is 32.2. The molecule has 3 rings (SSSR count). The maximum Gasteiger partial charge on any atom is 0.338 e. The molecule has 8 heteroatoms. The van der Waals surface area contributed by atoms with E-state index in [1.54, 1.807) is 18.2 Å². The minimum Gasteiger partial charge on any atom is -0.478 e. The Hall–Kier alpha value is -3.13. The maximum absolute atomic E-state index is 12.8. The number of thioether (sulfide) groups is 1. The van der Waals surface area contributed by atoms with Gasteiger partial charge in [0, 0.05) is 11.3 Å². The molecule has 1 unspecified atom stereocenters. The highest BCUT2D eigenvalue weighted by Crippen LogP contribution is 2.35. The van der Waals surface area contributed by atoms with Crippen molar-refractivity contribution in [2.24, 2.45) is 0 Å². The van der Waals surface area contributed by atoms with Gasteiger partial charge in [0.15, 0.2) is 0 Å². The van der Waals surface area contributed by atoms with Crippen molar-refractivity contribution in [2.75, 3.05) is 11.5 Å². The van der Waals surface area contributed by atoms with Crippen LogP contribution < -0.4 is 4.90 Å². The normalized spacial score (nSPS) is 16.0. The molecule has 0 spiro atoms. The van der Waals surface area contributed by atoms with E-state index in [9.17, 15) is 24.3 Å². The van der Waals surface area contributed by atoms with Gasteiger partial charge in [-0.1, -0.05) is 25.5 Å². The summed E-state index contributed by atoms with van der Waals surface area (Å²) in [5.41, 5.74) is 0.798. The molecule has 2 aromatic rings. The standard InChI is InChI=1S/C22H21NO6S/c1-2-3-12-29-22(28)14-8-10-15(11-9-14)23-19(24)13-18(20(23)25)30-17-7-5-4-6-16(17)21(26)27/h4-11,18H,2-3,12-13H2,1H3,(H,26,27). The molecule has 2 aromatic carbocycles. The summed E-state index contributed by atoms with van der Waals surface area (Å²) in [6, 6.07) is 12.5. The van der Waals surface area contributed by atoms with E-state index in [1.165, 1.54) is 30.3 Å². The Morgan fingerprint density at radius 1 is 1.13 bits per heavy atom. The molecule has 0 radical (unpaired) electrons. The molecule has 1 heterocycles. The van der Waals surface area contributed by atoms with Gasteiger partial charge in [-0.2, -0.15) is 0 Å². The van der Waals surface area contributed by atoms with E-state index in [1.807, 2.05) is 6.92 Å². The Labute approximate surface area is 178 Å². The van der Waals surface area contributed by atoms with E-state index in [2.05, 4.69) is 0 Å². The van der Waals surface area contributed by atoms with Gasteiger partial charge in [0.05, 0.1) is 28.7 Å².